The van der Waals surface area contributed by atoms with Crippen LogP contribution in [0.25, 0.3) is 0 Å². The molecule has 20 heavy (non-hydrogen) atoms. The van der Waals surface area contributed by atoms with Crippen molar-refractivity contribution in [3.05, 3.63) is 41.7 Å². The van der Waals surface area contributed by atoms with Gasteiger partial charge in [0.05, 0.1) is 25.5 Å². The minimum absolute atomic E-state index is 0.0831. The standard InChI is InChI=1S/C15H22N4O/c1-15(2,3)16-9-13-11-19(18-17-13)10-12-5-7-14(20-4)8-6-12/h5-8,11,16H,9-10H2,1-4H3. The zero-order chi connectivity index (χ0) is 14.6. The van der Waals surface area contributed by atoms with Gasteiger partial charge in [-0.15, -0.1) is 5.10 Å². The van der Waals surface area contributed by atoms with Gasteiger partial charge in [0, 0.05) is 12.1 Å². The van der Waals surface area contributed by atoms with Crippen LogP contribution in [0.5, 0.6) is 5.75 Å². The average molecular weight is 274 g/mol. The van der Waals surface area contributed by atoms with Crippen molar-refractivity contribution < 1.29 is 4.74 Å². The Bertz CT molecular complexity index is 540. The number of aromatic nitrogens is 3. The molecule has 1 aromatic carbocycles. The third kappa shape index (κ3) is 4.35. The Morgan fingerprint density at radius 1 is 1.20 bits per heavy atom. The molecule has 2 rings (SSSR count). The van der Waals surface area contributed by atoms with Crippen LogP contribution in [-0.2, 0) is 13.1 Å². The second-order valence-corrected chi connectivity index (χ2v) is 5.86. The summed E-state index contributed by atoms with van der Waals surface area (Å²) in [5, 5.41) is 11.7. The van der Waals surface area contributed by atoms with E-state index in [4.69, 9.17) is 4.74 Å². The van der Waals surface area contributed by atoms with Crippen LogP contribution in [0.4, 0.5) is 0 Å². The summed E-state index contributed by atoms with van der Waals surface area (Å²) in [5.41, 5.74) is 2.21. The molecule has 108 valence electrons. The maximum absolute atomic E-state index is 5.14. The molecule has 0 aliphatic heterocycles. The number of nitrogens with zero attached hydrogens (tertiary/aromatic N) is 3. The van der Waals surface area contributed by atoms with E-state index >= 15 is 0 Å². The molecule has 5 nitrogen and oxygen atoms in total. The second kappa shape index (κ2) is 6.05. The fraction of sp³-hybridized carbons (Fsp3) is 0.467. The largest absolute Gasteiger partial charge is 0.497 e. The van der Waals surface area contributed by atoms with Crippen LogP contribution in [-0.4, -0.2) is 27.6 Å². The molecule has 0 spiro atoms. The fourth-order valence-electron chi connectivity index (χ4n) is 1.77. The van der Waals surface area contributed by atoms with E-state index in [0.717, 1.165) is 18.0 Å². The van der Waals surface area contributed by atoms with Crippen molar-refractivity contribution >= 4 is 0 Å². The lowest BCUT2D eigenvalue weighted by molar-refractivity contribution is 0.414. The van der Waals surface area contributed by atoms with Gasteiger partial charge in [0.1, 0.15) is 5.75 Å². The average Bonchev–Trinajstić information content (AvgIpc) is 2.84. The zero-order valence-corrected chi connectivity index (χ0v) is 12.6. The number of hydrogen-bond donors (Lipinski definition) is 1. The van der Waals surface area contributed by atoms with Gasteiger partial charge >= 0.3 is 0 Å². The van der Waals surface area contributed by atoms with Crippen LogP contribution in [0.1, 0.15) is 32.0 Å². The first-order valence-electron chi connectivity index (χ1n) is 6.73. The molecule has 2 aromatic rings. The van der Waals surface area contributed by atoms with Crippen LogP contribution in [0, 0.1) is 0 Å². The second-order valence-electron chi connectivity index (χ2n) is 5.86. The van der Waals surface area contributed by atoms with Gasteiger partial charge in [-0.2, -0.15) is 0 Å². The SMILES string of the molecule is COc1ccc(Cn2cc(CNC(C)(C)C)nn2)cc1. The van der Waals surface area contributed by atoms with Crippen molar-refractivity contribution in [1.82, 2.24) is 20.3 Å². The van der Waals surface area contributed by atoms with Crippen LogP contribution in [0.2, 0.25) is 0 Å². The number of benzene rings is 1. The van der Waals surface area contributed by atoms with Gasteiger partial charge < -0.3 is 10.1 Å². The Morgan fingerprint density at radius 3 is 2.50 bits per heavy atom. The Labute approximate surface area is 120 Å². The molecule has 0 aliphatic carbocycles. The van der Waals surface area contributed by atoms with Crippen LogP contribution >= 0.6 is 0 Å². The minimum atomic E-state index is 0.0831. The summed E-state index contributed by atoms with van der Waals surface area (Å²) in [5.74, 6) is 0.863. The molecule has 1 N–H and O–H groups in total. The van der Waals surface area contributed by atoms with Crippen molar-refractivity contribution in [2.75, 3.05) is 7.11 Å². The van der Waals surface area contributed by atoms with Crippen molar-refractivity contribution in [1.29, 1.82) is 0 Å². The number of ether oxygens (including phenoxy) is 1. The van der Waals surface area contributed by atoms with Gasteiger partial charge in [0.25, 0.3) is 0 Å². The minimum Gasteiger partial charge on any atom is -0.497 e. The fourth-order valence-corrected chi connectivity index (χ4v) is 1.77. The molecule has 0 aliphatic rings. The number of rotatable bonds is 5. The van der Waals surface area contributed by atoms with Gasteiger partial charge in [-0.1, -0.05) is 17.3 Å². The van der Waals surface area contributed by atoms with E-state index in [0.29, 0.717) is 6.54 Å². The first-order valence-corrected chi connectivity index (χ1v) is 6.73. The quantitative estimate of drug-likeness (QED) is 0.908. The van der Waals surface area contributed by atoms with Gasteiger partial charge in [-0.25, -0.2) is 4.68 Å². The Kier molecular flexibility index (Phi) is 4.39. The van der Waals surface area contributed by atoms with Crippen molar-refractivity contribution in [2.45, 2.75) is 39.4 Å². The predicted molar refractivity (Wildman–Crippen MR) is 78.7 cm³/mol. The molecule has 5 heteroatoms. The van der Waals surface area contributed by atoms with Gasteiger partial charge in [-0.05, 0) is 38.5 Å². The maximum atomic E-state index is 5.14. The lowest BCUT2D eigenvalue weighted by atomic mass is 10.1. The van der Waals surface area contributed by atoms with Crippen LogP contribution < -0.4 is 10.1 Å². The normalized spacial score (nSPS) is 11.6. The van der Waals surface area contributed by atoms with Gasteiger partial charge in [-0.3, -0.25) is 0 Å². The summed E-state index contributed by atoms with van der Waals surface area (Å²) in [6.07, 6.45) is 1.98. The number of hydrogen-bond acceptors (Lipinski definition) is 4. The van der Waals surface area contributed by atoms with E-state index in [1.54, 1.807) is 7.11 Å². The molecule has 1 heterocycles. The van der Waals surface area contributed by atoms with Crippen molar-refractivity contribution in [3.63, 3.8) is 0 Å². The highest BCUT2D eigenvalue weighted by Gasteiger charge is 2.10. The summed E-state index contributed by atoms with van der Waals surface area (Å²) in [6.45, 7) is 7.84. The Balaban J connectivity index is 1.94. The van der Waals surface area contributed by atoms with Crippen LogP contribution in [0.3, 0.4) is 0 Å². The van der Waals surface area contributed by atoms with E-state index in [9.17, 15) is 0 Å². The molecule has 0 saturated heterocycles. The molecule has 0 atom stereocenters. The van der Waals surface area contributed by atoms with Gasteiger partial charge in [0.2, 0.25) is 0 Å². The summed E-state index contributed by atoms with van der Waals surface area (Å²) in [6, 6.07) is 7.98. The zero-order valence-electron chi connectivity index (χ0n) is 12.6. The molecule has 0 amide bonds. The van der Waals surface area contributed by atoms with E-state index in [2.05, 4.69) is 36.4 Å². The number of methoxy groups -OCH3 is 1. The van der Waals surface area contributed by atoms with E-state index in [1.807, 2.05) is 35.1 Å². The first-order chi connectivity index (χ1) is 9.46. The first kappa shape index (κ1) is 14.5. The van der Waals surface area contributed by atoms with Gasteiger partial charge in [0.15, 0.2) is 0 Å². The van der Waals surface area contributed by atoms with Crippen molar-refractivity contribution in [2.24, 2.45) is 0 Å². The summed E-state index contributed by atoms with van der Waals surface area (Å²) in [7, 11) is 1.67. The predicted octanol–water partition coefficient (Wildman–Crippen LogP) is 2.22. The summed E-state index contributed by atoms with van der Waals surface area (Å²) >= 11 is 0. The Hall–Kier alpha value is -1.88. The summed E-state index contributed by atoms with van der Waals surface area (Å²) in [4.78, 5) is 0. The topological polar surface area (TPSA) is 52.0 Å². The smallest absolute Gasteiger partial charge is 0.118 e. The molecule has 0 radical (unpaired) electrons. The highest BCUT2D eigenvalue weighted by atomic mass is 16.5. The van der Waals surface area contributed by atoms with Crippen LogP contribution in [0.15, 0.2) is 30.5 Å². The molecule has 1 aromatic heterocycles. The number of nitrogens with one attached hydrogen (secondary N) is 1. The van der Waals surface area contributed by atoms with Crippen molar-refractivity contribution in [3.8, 4) is 5.75 Å². The van der Waals surface area contributed by atoms with E-state index in [1.165, 1.54) is 5.56 Å². The third-order valence-corrected chi connectivity index (χ3v) is 2.89. The lowest BCUT2D eigenvalue weighted by Crippen LogP contribution is -2.35. The lowest BCUT2D eigenvalue weighted by Gasteiger charge is -2.19. The monoisotopic (exact) mass is 274 g/mol. The Morgan fingerprint density at radius 2 is 1.90 bits per heavy atom. The highest BCUT2D eigenvalue weighted by molar-refractivity contribution is 5.27. The highest BCUT2D eigenvalue weighted by Crippen LogP contribution is 2.12. The third-order valence-electron chi connectivity index (χ3n) is 2.89. The molecular weight excluding hydrogens is 252 g/mol. The van der Waals surface area contributed by atoms with E-state index in [-0.39, 0.29) is 5.54 Å². The molecule has 0 saturated carbocycles. The molecule has 0 unspecified atom stereocenters. The molecular formula is C15H22N4O. The summed E-state index contributed by atoms with van der Waals surface area (Å²) < 4.78 is 6.99. The van der Waals surface area contributed by atoms with E-state index < -0.39 is 0 Å². The maximum Gasteiger partial charge on any atom is 0.118 e. The molecule has 0 bridgehead atoms. The molecule has 0 fully saturated rings.